The molecule has 0 aliphatic heterocycles. The van der Waals surface area contributed by atoms with Gasteiger partial charge in [-0.1, -0.05) is 27.7 Å². The molecule has 12 heavy (non-hydrogen) atoms. The van der Waals surface area contributed by atoms with E-state index in [2.05, 4.69) is 27.7 Å². The Kier molecular flexibility index (Phi) is 1.79. The fraction of sp³-hybridized carbons (Fsp3) is 1.00. The van der Waals surface area contributed by atoms with Crippen molar-refractivity contribution in [2.45, 2.75) is 47.0 Å². The first-order chi connectivity index (χ1) is 5.55. The predicted octanol–water partition coefficient (Wildman–Crippen LogP) is 3.71. The van der Waals surface area contributed by atoms with E-state index in [1.165, 1.54) is 12.8 Å². The molecule has 70 valence electrons. The molecule has 2 saturated carbocycles. The first-order valence-corrected chi connectivity index (χ1v) is 5.55. The maximum atomic E-state index is 2.54. The molecule has 0 amide bonds. The molecular weight excluding hydrogens is 144 g/mol. The predicted molar refractivity (Wildman–Crippen MR) is 52.9 cm³/mol. The maximum Gasteiger partial charge on any atom is -0.0267 e. The first kappa shape index (κ1) is 8.59. The van der Waals surface area contributed by atoms with Gasteiger partial charge in [-0.25, -0.2) is 0 Å². The molecule has 0 spiro atoms. The van der Waals surface area contributed by atoms with Gasteiger partial charge in [-0.15, -0.1) is 0 Å². The molecular formula is C12H22. The van der Waals surface area contributed by atoms with Gasteiger partial charge in [-0.2, -0.15) is 0 Å². The molecule has 2 aliphatic rings. The van der Waals surface area contributed by atoms with Crippen LogP contribution in [0.5, 0.6) is 0 Å². The fourth-order valence-electron chi connectivity index (χ4n) is 3.38. The molecule has 0 radical (unpaired) electrons. The Bertz CT molecular complexity index is 182. The summed E-state index contributed by atoms with van der Waals surface area (Å²) in [4.78, 5) is 0. The van der Waals surface area contributed by atoms with Gasteiger partial charge in [0.2, 0.25) is 0 Å². The lowest BCUT2D eigenvalue weighted by molar-refractivity contribution is 0.130. The molecule has 0 heterocycles. The van der Waals surface area contributed by atoms with E-state index in [4.69, 9.17) is 0 Å². The average Bonchev–Trinajstić information content (AvgIpc) is 2.73. The highest BCUT2D eigenvalue weighted by atomic mass is 14.6. The fourth-order valence-corrected chi connectivity index (χ4v) is 3.38. The highest BCUT2D eigenvalue weighted by Gasteiger charge is 2.57. The third-order valence-electron chi connectivity index (χ3n) is 4.86. The highest BCUT2D eigenvalue weighted by Crippen LogP contribution is 2.65. The van der Waals surface area contributed by atoms with Crippen LogP contribution >= 0.6 is 0 Å². The van der Waals surface area contributed by atoms with E-state index in [-0.39, 0.29) is 0 Å². The zero-order chi connectivity index (χ0) is 8.93. The van der Waals surface area contributed by atoms with Gasteiger partial charge in [0.05, 0.1) is 0 Å². The van der Waals surface area contributed by atoms with Gasteiger partial charge >= 0.3 is 0 Å². The van der Waals surface area contributed by atoms with Gasteiger partial charge in [0.1, 0.15) is 0 Å². The molecule has 4 unspecified atom stereocenters. The van der Waals surface area contributed by atoms with Crippen molar-refractivity contribution in [3.05, 3.63) is 0 Å². The van der Waals surface area contributed by atoms with Crippen molar-refractivity contribution >= 4 is 0 Å². The van der Waals surface area contributed by atoms with Crippen molar-refractivity contribution in [3.8, 4) is 0 Å². The van der Waals surface area contributed by atoms with Crippen LogP contribution in [0, 0.1) is 29.1 Å². The molecule has 0 N–H and O–H groups in total. The first-order valence-electron chi connectivity index (χ1n) is 5.55. The van der Waals surface area contributed by atoms with E-state index < -0.39 is 0 Å². The molecule has 2 aliphatic carbocycles. The third-order valence-corrected chi connectivity index (χ3v) is 4.86. The van der Waals surface area contributed by atoms with Crippen molar-refractivity contribution in [2.75, 3.05) is 0 Å². The van der Waals surface area contributed by atoms with Gasteiger partial charge in [-0.3, -0.25) is 0 Å². The zero-order valence-corrected chi connectivity index (χ0v) is 8.93. The summed E-state index contributed by atoms with van der Waals surface area (Å²) in [6.45, 7) is 9.76. The SMILES string of the molecule is CC(C)C(C)C1(C)CCC2CC21. The van der Waals surface area contributed by atoms with Crippen molar-refractivity contribution in [1.29, 1.82) is 0 Å². The summed E-state index contributed by atoms with van der Waals surface area (Å²) in [7, 11) is 0. The van der Waals surface area contributed by atoms with Crippen LogP contribution in [0.1, 0.15) is 47.0 Å². The van der Waals surface area contributed by atoms with Crippen LogP contribution in [0.4, 0.5) is 0 Å². The Morgan fingerprint density at radius 3 is 2.25 bits per heavy atom. The van der Waals surface area contributed by atoms with E-state index in [0.717, 1.165) is 23.7 Å². The minimum Gasteiger partial charge on any atom is -0.0625 e. The molecule has 0 heteroatoms. The minimum atomic E-state index is 0.707. The lowest BCUT2D eigenvalue weighted by atomic mass is 9.69. The van der Waals surface area contributed by atoms with Crippen LogP contribution in [0.15, 0.2) is 0 Å². The van der Waals surface area contributed by atoms with Crippen molar-refractivity contribution in [2.24, 2.45) is 29.1 Å². The summed E-state index contributed by atoms with van der Waals surface area (Å²) in [5.74, 6) is 4.04. The monoisotopic (exact) mass is 166 g/mol. The molecule has 0 saturated heterocycles. The average molecular weight is 166 g/mol. The van der Waals surface area contributed by atoms with E-state index >= 15 is 0 Å². The quantitative estimate of drug-likeness (QED) is 0.586. The van der Waals surface area contributed by atoms with Crippen LogP contribution in [0.25, 0.3) is 0 Å². The Morgan fingerprint density at radius 1 is 1.25 bits per heavy atom. The zero-order valence-electron chi connectivity index (χ0n) is 8.93. The Morgan fingerprint density at radius 2 is 1.92 bits per heavy atom. The van der Waals surface area contributed by atoms with Crippen LogP contribution in [0.2, 0.25) is 0 Å². The summed E-state index contributed by atoms with van der Waals surface area (Å²) in [6, 6.07) is 0. The highest BCUT2D eigenvalue weighted by molar-refractivity contribution is 5.06. The standard InChI is InChI=1S/C12H22/c1-8(2)9(3)12(4)6-5-10-7-11(10)12/h8-11H,5-7H2,1-4H3. The Labute approximate surface area is 76.7 Å². The number of hydrogen-bond donors (Lipinski definition) is 0. The second-order valence-corrected chi connectivity index (χ2v) is 5.68. The summed E-state index contributed by atoms with van der Waals surface area (Å²) in [5, 5.41) is 0. The van der Waals surface area contributed by atoms with E-state index in [9.17, 15) is 0 Å². The summed E-state index contributed by atoms with van der Waals surface area (Å²) >= 11 is 0. The van der Waals surface area contributed by atoms with E-state index in [1.54, 1.807) is 6.42 Å². The van der Waals surface area contributed by atoms with Crippen molar-refractivity contribution < 1.29 is 0 Å². The van der Waals surface area contributed by atoms with Crippen molar-refractivity contribution in [3.63, 3.8) is 0 Å². The molecule has 2 fully saturated rings. The van der Waals surface area contributed by atoms with Gasteiger partial charge in [0.25, 0.3) is 0 Å². The van der Waals surface area contributed by atoms with Gasteiger partial charge in [0.15, 0.2) is 0 Å². The summed E-state index contributed by atoms with van der Waals surface area (Å²) < 4.78 is 0. The largest absolute Gasteiger partial charge is 0.0625 e. The second kappa shape index (κ2) is 2.49. The molecule has 0 aromatic heterocycles. The topological polar surface area (TPSA) is 0 Å². The molecule has 0 aromatic carbocycles. The van der Waals surface area contributed by atoms with E-state index in [0.29, 0.717) is 5.41 Å². The van der Waals surface area contributed by atoms with Crippen molar-refractivity contribution in [1.82, 2.24) is 0 Å². The number of hydrogen-bond acceptors (Lipinski definition) is 0. The number of rotatable bonds is 2. The number of fused-ring (bicyclic) bond motifs is 1. The third kappa shape index (κ3) is 1.03. The molecule has 0 aromatic rings. The van der Waals surface area contributed by atoms with Gasteiger partial charge < -0.3 is 0 Å². The Balaban J connectivity index is 2.09. The van der Waals surface area contributed by atoms with Crippen LogP contribution in [0.3, 0.4) is 0 Å². The summed E-state index contributed by atoms with van der Waals surface area (Å²) in [5.41, 5.74) is 0.707. The lowest BCUT2D eigenvalue weighted by Crippen LogP contribution is -2.29. The smallest absolute Gasteiger partial charge is 0.0267 e. The molecule has 4 atom stereocenters. The second-order valence-electron chi connectivity index (χ2n) is 5.68. The Hall–Kier alpha value is 0. The van der Waals surface area contributed by atoms with Gasteiger partial charge in [0, 0.05) is 0 Å². The maximum absolute atomic E-state index is 2.54. The summed E-state index contributed by atoms with van der Waals surface area (Å²) in [6.07, 6.45) is 4.58. The minimum absolute atomic E-state index is 0.707. The lowest BCUT2D eigenvalue weighted by Gasteiger charge is -2.36. The normalized spacial score (nSPS) is 47.8. The molecule has 0 bridgehead atoms. The van der Waals surface area contributed by atoms with Crippen LogP contribution < -0.4 is 0 Å². The van der Waals surface area contributed by atoms with Crippen LogP contribution in [-0.2, 0) is 0 Å². The van der Waals surface area contributed by atoms with Crippen LogP contribution in [-0.4, -0.2) is 0 Å². The molecule has 2 rings (SSSR count). The van der Waals surface area contributed by atoms with E-state index in [1.807, 2.05) is 0 Å². The molecule has 0 nitrogen and oxygen atoms in total. The van der Waals surface area contributed by atoms with Gasteiger partial charge in [-0.05, 0) is 48.3 Å².